The lowest BCUT2D eigenvalue weighted by Crippen LogP contribution is -2.28. The number of rotatable bonds is 4. The highest BCUT2D eigenvalue weighted by atomic mass is 16.6. The zero-order valence-electron chi connectivity index (χ0n) is 15.2. The molecule has 2 aliphatic heterocycles. The largest absolute Gasteiger partial charge is 0.486 e. The Morgan fingerprint density at radius 3 is 2.59 bits per heavy atom. The molecule has 0 bridgehead atoms. The molecule has 27 heavy (non-hydrogen) atoms. The molecule has 2 aliphatic rings. The fraction of sp³-hybridized carbons (Fsp3) is 0.333. The molecule has 1 fully saturated rings. The molecule has 2 aromatic carbocycles. The first kappa shape index (κ1) is 17.4. The normalized spacial score (nSPS) is 18.5. The van der Waals surface area contributed by atoms with Crippen LogP contribution < -0.4 is 19.7 Å². The van der Waals surface area contributed by atoms with E-state index in [9.17, 15) is 9.59 Å². The highest BCUT2D eigenvalue weighted by Crippen LogP contribution is 2.36. The summed E-state index contributed by atoms with van der Waals surface area (Å²) in [5, 5.41) is 2.92. The summed E-state index contributed by atoms with van der Waals surface area (Å²) in [6, 6.07) is 13.2. The van der Waals surface area contributed by atoms with Gasteiger partial charge in [0.1, 0.15) is 13.2 Å². The Hall–Kier alpha value is -3.02. The smallest absolute Gasteiger partial charge is 0.229 e. The number of nitrogens with one attached hydrogen (secondary N) is 1. The lowest BCUT2D eigenvalue weighted by atomic mass is 10.1. The fourth-order valence-electron chi connectivity index (χ4n) is 3.40. The van der Waals surface area contributed by atoms with Crippen molar-refractivity contribution in [1.29, 1.82) is 0 Å². The number of nitrogens with zero attached hydrogens (tertiary/aromatic N) is 1. The van der Waals surface area contributed by atoms with E-state index in [4.69, 9.17) is 9.47 Å². The third-order valence-corrected chi connectivity index (χ3v) is 4.96. The standard InChI is InChI=1S/C21H22N2O4/c1-2-14-3-5-16(6-4-14)22-21(25)15-11-20(24)23(13-15)17-7-8-18-19(12-17)27-10-9-26-18/h3-8,12,15H,2,9-11,13H2,1H3,(H,22,25)/t15-/m1/s1. The average molecular weight is 366 g/mol. The monoisotopic (exact) mass is 366 g/mol. The van der Waals surface area contributed by atoms with Crippen LogP contribution in [0.25, 0.3) is 0 Å². The van der Waals surface area contributed by atoms with E-state index in [2.05, 4.69) is 12.2 Å². The van der Waals surface area contributed by atoms with E-state index in [1.165, 1.54) is 5.56 Å². The second kappa shape index (κ2) is 7.31. The molecule has 0 unspecified atom stereocenters. The number of carbonyl (C=O) groups excluding carboxylic acids is 2. The third kappa shape index (κ3) is 3.60. The van der Waals surface area contributed by atoms with Gasteiger partial charge in [0.15, 0.2) is 11.5 Å². The first-order chi connectivity index (χ1) is 13.1. The first-order valence-corrected chi connectivity index (χ1v) is 9.24. The quantitative estimate of drug-likeness (QED) is 0.903. The van der Waals surface area contributed by atoms with Crippen molar-refractivity contribution in [2.24, 2.45) is 5.92 Å². The van der Waals surface area contributed by atoms with Gasteiger partial charge in [0.05, 0.1) is 5.92 Å². The molecule has 6 nitrogen and oxygen atoms in total. The minimum Gasteiger partial charge on any atom is -0.486 e. The van der Waals surface area contributed by atoms with Crippen molar-refractivity contribution in [3.05, 3.63) is 48.0 Å². The zero-order valence-corrected chi connectivity index (χ0v) is 15.2. The SMILES string of the molecule is CCc1ccc(NC(=O)[C@@H]2CC(=O)N(c3ccc4c(c3)OCCO4)C2)cc1. The van der Waals surface area contributed by atoms with Crippen LogP contribution in [0.4, 0.5) is 11.4 Å². The maximum Gasteiger partial charge on any atom is 0.229 e. The van der Waals surface area contributed by atoms with Gasteiger partial charge in [-0.2, -0.15) is 0 Å². The maximum absolute atomic E-state index is 12.6. The van der Waals surface area contributed by atoms with E-state index in [1.54, 1.807) is 17.0 Å². The third-order valence-electron chi connectivity index (χ3n) is 4.96. The molecule has 0 saturated carbocycles. The molecule has 2 heterocycles. The number of benzene rings is 2. The van der Waals surface area contributed by atoms with Crippen LogP contribution in [0, 0.1) is 5.92 Å². The van der Waals surface area contributed by atoms with Crippen molar-refractivity contribution in [2.45, 2.75) is 19.8 Å². The van der Waals surface area contributed by atoms with Gasteiger partial charge >= 0.3 is 0 Å². The van der Waals surface area contributed by atoms with Crippen LogP contribution in [0.1, 0.15) is 18.9 Å². The molecular weight excluding hydrogens is 344 g/mol. The van der Waals surface area contributed by atoms with Crippen LogP contribution in [0.3, 0.4) is 0 Å². The number of fused-ring (bicyclic) bond motifs is 1. The predicted octanol–water partition coefficient (Wildman–Crippen LogP) is 3.01. The minimum absolute atomic E-state index is 0.0619. The second-order valence-corrected chi connectivity index (χ2v) is 6.77. The van der Waals surface area contributed by atoms with Crippen LogP contribution in [0.2, 0.25) is 0 Å². The van der Waals surface area contributed by atoms with E-state index in [1.807, 2.05) is 30.3 Å². The molecule has 140 valence electrons. The molecule has 1 saturated heterocycles. The molecule has 1 N–H and O–H groups in total. The van der Waals surface area contributed by atoms with Gasteiger partial charge in [0.25, 0.3) is 0 Å². The molecule has 0 aliphatic carbocycles. The summed E-state index contributed by atoms with van der Waals surface area (Å²) in [4.78, 5) is 26.7. The summed E-state index contributed by atoms with van der Waals surface area (Å²) < 4.78 is 11.1. The van der Waals surface area contributed by atoms with E-state index < -0.39 is 0 Å². The zero-order chi connectivity index (χ0) is 18.8. The molecule has 6 heteroatoms. The van der Waals surface area contributed by atoms with Gasteiger partial charge in [-0.3, -0.25) is 9.59 Å². The summed E-state index contributed by atoms with van der Waals surface area (Å²) in [5.74, 6) is 0.745. The summed E-state index contributed by atoms with van der Waals surface area (Å²) in [5.41, 5.74) is 2.70. The topological polar surface area (TPSA) is 67.9 Å². The Labute approximate surface area is 158 Å². The molecule has 0 spiro atoms. The summed E-state index contributed by atoms with van der Waals surface area (Å²) >= 11 is 0. The number of amides is 2. The molecule has 0 aromatic heterocycles. The number of carbonyl (C=O) groups is 2. The van der Waals surface area contributed by atoms with Crippen molar-refractivity contribution in [3.8, 4) is 11.5 Å². The summed E-state index contributed by atoms with van der Waals surface area (Å²) in [7, 11) is 0. The predicted molar refractivity (Wildman–Crippen MR) is 102 cm³/mol. The van der Waals surface area contributed by atoms with Crippen molar-refractivity contribution >= 4 is 23.2 Å². The molecule has 2 aromatic rings. The average Bonchev–Trinajstić information content (AvgIpc) is 3.10. The highest BCUT2D eigenvalue weighted by molar-refractivity contribution is 6.03. The second-order valence-electron chi connectivity index (χ2n) is 6.77. The number of hydrogen-bond donors (Lipinski definition) is 1. The number of aryl methyl sites for hydroxylation is 1. The molecular formula is C21H22N2O4. The van der Waals surface area contributed by atoms with Crippen molar-refractivity contribution < 1.29 is 19.1 Å². The molecule has 1 atom stereocenters. The van der Waals surface area contributed by atoms with Crippen molar-refractivity contribution in [1.82, 2.24) is 0 Å². The fourth-order valence-corrected chi connectivity index (χ4v) is 3.40. The lowest BCUT2D eigenvalue weighted by molar-refractivity contribution is -0.122. The molecule has 4 rings (SSSR count). The van der Waals surface area contributed by atoms with Crippen molar-refractivity contribution in [3.63, 3.8) is 0 Å². The number of ether oxygens (including phenoxy) is 2. The minimum atomic E-state index is -0.378. The van der Waals surface area contributed by atoms with Crippen LogP contribution >= 0.6 is 0 Å². The molecule has 2 amide bonds. The highest BCUT2D eigenvalue weighted by Gasteiger charge is 2.35. The van der Waals surface area contributed by atoms with Gasteiger partial charge in [-0.05, 0) is 36.2 Å². The lowest BCUT2D eigenvalue weighted by Gasteiger charge is -2.22. The number of hydrogen-bond acceptors (Lipinski definition) is 4. The Balaban J connectivity index is 1.44. The van der Waals surface area contributed by atoms with Crippen LogP contribution in [0.15, 0.2) is 42.5 Å². The Morgan fingerprint density at radius 1 is 1.11 bits per heavy atom. The van der Waals surface area contributed by atoms with Crippen molar-refractivity contribution in [2.75, 3.05) is 30.0 Å². The van der Waals surface area contributed by atoms with E-state index in [0.29, 0.717) is 31.3 Å². The molecule has 0 radical (unpaired) electrons. The van der Waals surface area contributed by atoms with Crippen LogP contribution in [-0.4, -0.2) is 31.6 Å². The summed E-state index contributed by atoms with van der Waals surface area (Å²) in [6.07, 6.45) is 1.16. The van der Waals surface area contributed by atoms with Gasteiger partial charge in [0, 0.05) is 30.4 Å². The Morgan fingerprint density at radius 2 is 1.85 bits per heavy atom. The Kier molecular flexibility index (Phi) is 4.71. The Bertz CT molecular complexity index is 863. The van der Waals surface area contributed by atoms with Gasteiger partial charge in [-0.25, -0.2) is 0 Å². The van der Waals surface area contributed by atoms with Crippen LogP contribution in [-0.2, 0) is 16.0 Å². The van der Waals surface area contributed by atoms with Gasteiger partial charge < -0.3 is 19.7 Å². The van der Waals surface area contributed by atoms with E-state index >= 15 is 0 Å². The summed E-state index contributed by atoms with van der Waals surface area (Å²) in [6.45, 7) is 3.46. The van der Waals surface area contributed by atoms with Gasteiger partial charge in [-0.15, -0.1) is 0 Å². The van der Waals surface area contributed by atoms with E-state index in [-0.39, 0.29) is 24.2 Å². The van der Waals surface area contributed by atoms with Crippen LogP contribution in [0.5, 0.6) is 11.5 Å². The van der Waals surface area contributed by atoms with E-state index in [0.717, 1.165) is 17.8 Å². The van der Waals surface area contributed by atoms with Gasteiger partial charge in [0.2, 0.25) is 11.8 Å². The van der Waals surface area contributed by atoms with Gasteiger partial charge in [-0.1, -0.05) is 19.1 Å². The maximum atomic E-state index is 12.6. The number of anilines is 2. The first-order valence-electron chi connectivity index (χ1n) is 9.24.